The average molecular weight is 361 g/mol. The minimum absolute atomic E-state index is 0.268. The van der Waals surface area contributed by atoms with Crippen molar-refractivity contribution in [1.82, 2.24) is 4.90 Å². The zero-order valence-corrected chi connectivity index (χ0v) is 15.7. The van der Waals surface area contributed by atoms with Crippen LogP contribution in [-0.2, 0) is 16.1 Å². The van der Waals surface area contributed by atoms with Gasteiger partial charge in [0.2, 0.25) is 0 Å². The van der Waals surface area contributed by atoms with E-state index >= 15 is 0 Å². The molecule has 1 amide bonds. The van der Waals surface area contributed by atoms with Gasteiger partial charge in [0.05, 0.1) is 6.54 Å². The molecular weight excluding hydrogens is 330 g/mol. The minimum atomic E-state index is -0.989. The zero-order valence-electron chi connectivity index (χ0n) is 15.7. The van der Waals surface area contributed by atoms with E-state index in [1.807, 2.05) is 30.3 Å². The number of carboxylic acids is 1. The molecule has 1 saturated heterocycles. The quantitative estimate of drug-likeness (QED) is 0.533. The van der Waals surface area contributed by atoms with E-state index in [1.54, 1.807) is 0 Å². The van der Waals surface area contributed by atoms with Gasteiger partial charge in [-0.3, -0.25) is 4.90 Å². The molecule has 1 heterocycles. The molecule has 5 heteroatoms. The average Bonchev–Trinajstić information content (AvgIpc) is 2.94. The van der Waals surface area contributed by atoms with Crippen molar-refractivity contribution in [2.24, 2.45) is 0 Å². The van der Waals surface area contributed by atoms with Crippen LogP contribution in [0.2, 0.25) is 0 Å². The summed E-state index contributed by atoms with van der Waals surface area (Å²) in [6.07, 6.45) is 9.01. The summed E-state index contributed by atoms with van der Waals surface area (Å²) in [6.45, 7) is 2.48. The monoisotopic (exact) mass is 361 g/mol. The van der Waals surface area contributed by atoms with Gasteiger partial charge in [0.15, 0.2) is 6.04 Å². The Morgan fingerprint density at radius 2 is 1.65 bits per heavy atom. The number of amides is 1. The molecule has 26 heavy (non-hydrogen) atoms. The number of carbonyl (C=O) groups excluding carboxylic acids is 1. The standard InChI is InChI=1S/C21H31NO4/c1-2-3-4-5-6-7-8-12-15-18-19(20(23)24)22(21(25)26-18)16-17-13-10-9-11-14-17/h9-11,13-14,18-19H,2-8,12,15-16H2,1H3,(H,23,24)/t18-,19+/m0/s1. The number of rotatable bonds is 12. The molecular formula is C21H31NO4. The smallest absolute Gasteiger partial charge is 0.411 e. The molecule has 1 aliphatic rings. The fourth-order valence-corrected chi connectivity index (χ4v) is 3.51. The van der Waals surface area contributed by atoms with Crippen molar-refractivity contribution in [2.75, 3.05) is 0 Å². The van der Waals surface area contributed by atoms with E-state index in [-0.39, 0.29) is 6.54 Å². The maximum Gasteiger partial charge on any atom is 0.411 e. The van der Waals surface area contributed by atoms with Gasteiger partial charge in [0, 0.05) is 0 Å². The van der Waals surface area contributed by atoms with E-state index in [2.05, 4.69) is 6.92 Å². The summed E-state index contributed by atoms with van der Waals surface area (Å²) in [5.41, 5.74) is 0.906. The van der Waals surface area contributed by atoms with Crippen LogP contribution in [0.1, 0.15) is 70.3 Å². The molecule has 2 rings (SSSR count). The third-order valence-corrected chi connectivity index (χ3v) is 4.97. The van der Waals surface area contributed by atoms with Crippen LogP contribution in [0.3, 0.4) is 0 Å². The lowest BCUT2D eigenvalue weighted by atomic mass is 10.0. The zero-order chi connectivity index (χ0) is 18.8. The fourth-order valence-electron chi connectivity index (χ4n) is 3.51. The van der Waals surface area contributed by atoms with Gasteiger partial charge in [-0.2, -0.15) is 0 Å². The molecule has 1 aliphatic heterocycles. The first-order chi connectivity index (χ1) is 12.6. The van der Waals surface area contributed by atoms with Gasteiger partial charge in [-0.1, -0.05) is 82.2 Å². The molecule has 0 aliphatic carbocycles. The van der Waals surface area contributed by atoms with Crippen LogP contribution in [0.5, 0.6) is 0 Å². The molecule has 144 valence electrons. The van der Waals surface area contributed by atoms with Gasteiger partial charge in [0.25, 0.3) is 0 Å². The summed E-state index contributed by atoms with van der Waals surface area (Å²) in [5, 5.41) is 9.60. The summed E-state index contributed by atoms with van der Waals surface area (Å²) < 4.78 is 5.39. The maximum absolute atomic E-state index is 12.2. The first-order valence-electron chi connectivity index (χ1n) is 9.87. The number of carboxylic acid groups (broad SMARTS) is 1. The number of hydrogen-bond acceptors (Lipinski definition) is 3. The van der Waals surface area contributed by atoms with Crippen molar-refractivity contribution in [2.45, 2.75) is 83.4 Å². The van der Waals surface area contributed by atoms with Crippen LogP contribution in [0.4, 0.5) is 4.79 Å². The number of hydrogen-bond donors (Lipinski definition) is 1. The first kappa shape index (κ1) is 20.3. The Morgan fingerprint density at radius 1 is 1.04 bits per heavy atom. The summed E-state index contributed by atoms with van der Waals surface area (Å²) in [7, 11) is 0. The van der Waals surface area contributed by atoms with Gasteiger partial charge in [-0.15, -0.1) is 0 Å². The predicted molar refractivity (Wildman–Crippen MR) is 101 cm³/mol. The van der Waals surface area contributed by atoms with Gasteiger partial charge < -0.3 is 9.84 Å². The lowest BCUT2D eigenvalue weighted by molar-refractivity contribution is -0.143. The van der Waals surface area contributed by atoms with E-state index in [0.717, 1.165) is 24.8 Å². The molecule has 1 aromatic rings. The molecule has 1 aromatic carbocycles. The minimum Gasteiger partial charge on any atom is -0.480 e. The van der Waals surface area contributed by atoms with E-state index in [4.69, 9.17) is 4.74 Å². The highest BCUT2D eigenvalue weighted by molar-refractivity contribution is 5.83. The lowest BCUT2D eigenvalue weighted by Gasteiger charge is -2.21. The summed E-state index contributed by atoms with van der Waals surface area (Å²) in [6, 6.07) is 8.53. The predicted octanol–water partition coefficient (Wildman–Crippen LogP) is 4.99. The van der Waals surface area contributed by atoms with Crippen LogP contribution >= 0.6 is 0 Å². The highest BCUT2D eigenvalue weighted by Gasteiger charge is 2.45. The van der Waals surface area contributed by atoms with Crippen LogP contribution in [0, 0.1) is 0 Å². The van der Waals surface area contributed by atoms with Crippen LogP contribution in [-0.4, -0.2) is 34.2 Å². The Labute approximate surface area is 156 Å². The number of benzene rings is 1. The van der Waals surface area contributed by atoms with Crippen LogP contribution in [0.15, 0.2) is 30.3 Å². The summed E-state index contributed by atoms with van der Waals surface area (Å²) in [4.78, 5) is 25.2. The molecule has 1 fully saturated rings. The maximum atomic E-state index is 12.2. The number of aliphatic carboxylic acids is 1. The van der Waals surface area contributed by atoms with Gasteiger partial charge >= 0.3 is 12.1 Å². The Morgan fingerprint density at radius 3 is 2.27 bits per heavy atom. The van der Waals surface area contributed by atoms with E-state index < -0.39 is 24.2 Å². The number of carbonyl (C=O) groups is 2. The fraction of sp³-hybridized carbons (Fsp3) is 0.619. The van der Waals surface area contributed by atoms with Crippen molar-refractivity contribution >= 4 is 12.1 Å². The second-order valence-electron chi connectivity index (χ2n) is 7.08. The molecule has 1 N–H and O–H groups in total. The van der Waals surface area contributed by atoms with Crippen molar-refractivity contribution in [3.8, 4) is 0 Å². The number of unbranched alkanes of at least 4 members (excludes halogenated alkanes) is 7. The third-order valence-electron chi connectivity index (χ3n) is 4.97. The Kier molecular flexibility index (Phi) is 8.45. The van der Waals surface area contributed by atoms with Crippen molar-refractivity contribution in [3.05, 3.63) is 35.9 Å². The molecule has 5 nitrogen and oxygen atoms in total. The van der Waals surface area contributed by atoms with Crippen molar-refractivity contribution in [1.29, 1.82) is 0 Å². The highest BCUT2D eigenvalue weighted by atomic mass is 16.6. The molecule has 0 unspecified atom stereocenters. The molecule has 0 radical (unpaired) electrons. The molecule has 0 aromatic heterocycles. The van der Waals surface area contributed by atoms with E-state index in [9.17, 15) is 14.7 Å². The van der Waals surface area contributed by atoms with Crippen molar-refractivity contribution < 1.29 is 19.4 Å². The number of cyclic esters (lactones) is 1. The molecule has 0 bridgehead atoms. The number of ether oxygens (including phenoxy) is 1. The largest absolute Gasteiger partial charge is 0.480 e. The highest BCUT2D eigenvalue weighted by Crippen LogP contribution is 2.26. The Hall–Kier alpha value is -2.04. The molecule has 2 atom stereocenters. The number of nitrogens with zero attached hydrogens (tertiary/aromatic N) is 1. The van der Waals surface area contributed by atoms with Gasteiger partial charge in [-0.25, -0.2) is 9.59 Å². The third kappa shape index (κ3) is 6.04. The van der Waals surface area contributed by atoms with Gasteiger partial charge in [0.1, 0.15) is 6.10 Å². The first-order valence-corrected chi connectivity index (χ1v) is 9.87. The topological polar surface area (TPSA) is 66.8 Å². The second-order valence-corrected chi connectivity index (χ2v) is 7.08. The normalized spacial score (nSPS) is 19.6. The van der Waals surface area contributed by atoms with Crippen LogP contribution in [0.25, 0.3) is 0 Å². The Bertz CT molecular complexity index is 560. The van der Waals surface area contributed by atoms with Crippen molar-refractivity contribution in [3.63, 3.8) is 0 Å². The second kappa shape index (κ2) is 10.8. The van der Waals surface area contributed by atoms with E-state index in [1.165, 1.54) is 37.0 Å². The van der Waals surface area contributed by atoms with Crippen LogP contribution < -0.4 is 0 Å². The molecule has 0 saturated carbocycles. The summed E-state index contributed by atoms with van der Waals surface area (Å²) >= 11 is 0. The SMILES string of the molecule is CCCCCCCCCC[C@@H]1OC(=O)N(Cc2ccccc2)[C@H]1C(=O)O. The summed E-state index contributed by atoms with van der Waals surface area (Å²) in [5.74, 6) is -0.989. The van der Waals surface area contributed by atoms with E-state index in [0.29, 0.717) is 6.42 Å². The lowest BCUT2D eigenvalue weighted by Crippen LogP contribution is -2.42. The molecule has 0 spiro atoms. The van der Waals surface area contributed by atoms with Gasteiger partial charge in [-0.05, 0) is 18.4 Å². The Balaban J connectivity index is 1.79.